The van der Waals surface area contributed by atoms with Gasteiger partial charge in [-0.15, -0.1) is 0 Å². The quantitative estimate of drug-likeness (QED) is 0.806. The van der Waals surface area contributed by atoms with Gasteiger partial charge in [-0.25, -0.2) is 0 Å². The van der Waals surface area contributed by atoms with Crippen LogP contribution in [0.25, 0.3) is 0 Å². The average molecular weight is 256 g/mol. The zero-order valence-electron chi connectivity index (χ0n) is 12.3. The number of benzene rings is 1. The van der Waals surface area contributed by atoms with Gasteiger partial charge in [0, 0.05) is 13.1 Å². The summed E-state index contributed by atoms with van der Waals surface area (Å²) in [6.45, 7) is 9.75. The molecule has 1 aliphatic rings. The lowest BCUT2D eigenvalue weighted by atomic mass is 9.86. The second-order valence-corrected chi connectivity index (χ2v) is 6.65. The molecule has 0 spiro atoms. The standard InChI is InChI=1S/C17H24N2/c1-17(2,3)16-8-6-14(7-9-16)12-19-10-4-5-15(11-18)13-19/h6-9,15H,4-5,10,12-13H2,1-3H3. The van der Waals surface area contributed by atoms with E-state index in [1.54, 1.807) is 0 Å². The van der Waals surface area contributed by atoms with E-state index in [0.29, 0.717) is 0 Å². The van der Waals surface area contributed by atoms with Crippen LogP contribution in [0, 0.1) is 17.2 Å². The first-order valence-electron chi connectivity index (χ1n) is 7.20. The summed E-state index contributed by atoms with van der Waals surface area (Å²) in [5.41, 5.74) is 2.95. The van der Waals surface area contributed by atoms with Crippen molar-refractivity contribution in [3.63, 3.8) is 0 Å². The molecule has 1 unspecified atom stereocenters. The normalized spacial score (nSPS) is 21.1. The highest BCUT2D eigenvalue weighted by molar-refractivity contribution is 5.27. The molecule has 102 valence electrons. The molecule has 0 N–H and O–H groups in total. The zero-order chi connectivity index (χ0) is 13.9. The second-order valence-electron chi connectivity index (χ2n) is 6.65. The number of hydrogen-bond acceptors (Lipinski definition) is 2. The average Bonchev–Trinajstić information content (AvgIpc) is 2.38. The van der Waals surface area contributed by atoms with E-state index in [1.165, 1.54) is 11.1 Å². The summed E-state index contributed by atoms with van der Waals surface area (Å²) in [6.07, 6.45) is 2.22. The van der Waals surface area contributed by atoms with Crippen LogP contribution in [0.2, 0.25) is 0 Å². The molecule has 1 heterocycles. The van der Waals surface area contributed by atoms with Gasteiger partial charge < -0.3 is 0 Å². The lowest BCUT2D eigenvalue weighted by Gasteiger charge is -2.29. The van der Waals surface area contributed by atoms with Crippen LogP contribution in [-0.4, -0.2) is 18.0 Å². The monoisotopic (exact) mass is 256 g/mol. The van der Waals surface area contributed by atoms with Crippen LogP contribution in [0.5, 0.6) is 0 Å². The van der Waals surface area contributed by atoms with Crippen LogP contribution in [0.4, 0.5) is 0 Å². The van der Waals surface area contributed by atoms with Gasteiger partial charge in [0.1, 0.15) is 0 Å². The number of likely N-dealkylation sites (tertiary alicyclic amines) is 1. The molecule has 1 aliphatic heterocycles. The molecular formula is C17H24N2. The van der Waals surface area contributed by atoms with Crippen LogP contribution < -0.4 is 0 Å². The van der Waals surface area contributed by atoms with Crippen LogP contribution >= 0.6 is 0 Å². The molecular weight excluding hydrogens is 232 g/mol. The SMILES string of the molecule is CC(C)(C)c1ccc(CN2CCCC(C#N)C2)cc1. The van der Waals surface area contributed by atoms with Crippen LogP contribution in [0.3, 0.4) is 0 Å². The third-order valence-electron chi connectivity index (χ3n) is 3.91. The maximum Gasteiger partial charge on any atom is 0.0669 e. The van der Waals surface area contributed by atoms with E-state index in [-0.39, 0.29) is 11.3 Å². The van der Waals surface area contributed by atoms with Gasteiger partial charge in [0.25, 0.3) is 0 Å². The Bertz CT molecular complexity index is 448. The van der Waals surface area contributed by atoms with E-state index >= 15 is 0 Å². The number of nitriles is 1. The van der Waals surface area contributed by atoms with Crippen molar-refractivity contribution < 1.29 is 0 Å². The zero-order valence-corrected chi connectivity index (χ0v) is 12.3. The van der Waals surface area contributed by atoms with Gasteiger partial charge in [-0.1, -0.05) is 45.0 Å². The Labute approximate surface area is 117 Å². The molecule has 0 aliphatic carbocycles. The predicted octanol–water partition coefficient (Wildman–Crippen LogP) is 3.72. The van der Waals surface area contributed by atoms with Crippen molar-refractivity contribution in [2.75, 3.05) is 13.1 Å². The molecule has 0 saturated carbocycles. The molecule has 1 atom stereocenters. The first-order chi connectivity index (χ1) is 8.99. The van der Waals surface area contributed by atoms with E-state index in [9.17, 15) is 0 Å². The molecule has 0 amide bonds. The van der Waals surface area contributed by atoms with Gasteiger partial charge in [0.05, 0.1) is 12.0 Å². The Balaban J connectivity index is 1.98. The Morgan fingerprint density at radius 1 is 1.26 bits per heavy atom. The van der Waals surface area contributed by atoms with Gasteiger partial charge in [0.2, 0.25) is 0 Å². The van der Waals surface area contributed by atoms with Crippen molar-refractivity contribution in [1.82, 2.24) is 4.90 Å². The summed E-state index contributed by atoms with van der Waals surface area (Å²) >= 11 is 0. The Morgan fingerprint density at radius 2 is 1.95 bits per heavy atom. The summed E-state index contributed by atoms with van der Waals surface area (Å²) in [4.78, 5) is 2.41. The van der Waals surface area contributed by atoms with Gasteiger partial charge in [-0.05, 0) is 35.9 Å². The Hall–Kier alpha value is -1.33. The molecule has 2 nitrogen and oxygen atoms in total. The second kappa shape index (κ2) is 5.75. The molecule has 0 radical (unpaired) electrons. The largest absolute Gasteiger partial charge is 0.298 e. The van der Waals surface area contributed by atoms with Gasteiger partial charge in [-0.3, -0.25) is 4.90 Å². The summed E-state index contributed by atoms with van der Waals surface area (Å²) in [5, 5.41) is 9.02. The topological polar surface area (TPSA) is 27.0 Å². The van der Waals surface area contributed by atoms with Crippen molar-refractivity contribution in [2.45, 2.75) is 45.6 Å². The Kier molecular flexibility index (Phi) is 4.27. The first-order valence-corrected chi connectivity index (χ1v) is 7.20. The fourth-order valence-electron chi connectivity index (χ4n) is 2.67. The summed E-state index contributed by atoms with van der Waals surface area (Å²) in [6, 6.07) is 11.3. The number of piperidine rings is 1. The van der Waals surface area contributed by atoms with E-state index in [2.05, 4.69) is 56.0 Å². The maximum atomic E-state index is 9.02. The molecule has 1 aromatic carbocycles. The van der Waals surface area contributed by atoms with Crippen LogP contribution in [0.1, 0.15) is 44.7 Å². The van der Waals surface area contributed by atoms with Crippen LogP contribution in [-0.2, 0) is 12.0 Å². The fraction of sp³-hybridized carbons (Fsp3) is 0.588. The molecule has 2 heteroatoms. The summed E-state index contributed by atoms with van der Waals surface area (Å²) in [7, 11) is 0. The smallest absolute Gasteiger partial charge is 0.0669 e. The maximum absolute atomic E-state index is 9.02. The van der Waals surface area contributed by atoms with Gasteiger partial charge >= 0.3 is 0 Å². The van der Waals surface area contributed by atoms with Crippen molar-refractivity contribution in [3.05, 3.63) is 35.4 Å². The fourth-order valence-corrected chi connectivity index (χ4v) is 2.67. The molecule has 0 bridgehead atoms. The number of hydrogen-bond donors (Lipinski definition) is 0. The minimum absolute atomic E-state index is 0.218. The minimum atomic E-state index is 0.218. The van der Waals surface area contributed by atoms with E-state index in [4.69, 9.17) is 5.26 Å². The predicted molar refractivity (Wildman–Crippen MR) is 78.8 cm³/mol. The van der Waals surface area contributed by atoms with E-state index < -0.39 is 0 Å². The summed E-state index contributed by atoms with van der Waals surface area (Å²) in [5.74, 6) is 0.225. The van der Waals surface area contributed by atoms with Crippen molar-refractivity contribution >= 4 is 0 Å². The molecule has 19 heavy (non-hydrogen) atoms. The van der Waals surface area contributed by atoms with E-state index in [0.717, 1.165) is 32.5 Å². The van der Waals surface area contributed by atoms with Crippen molar-refractivity contribution in [2.24, 2.45) is 5.92 Å². The third-order valence-corrected chi connectivity index (χ3v) is 3.91. The third kappa shape index (κ3) is 3.81. The number of rotatable bonds is 2. The first kappa shape index (κ1) is 14.1. The highest BCUT2D eigenvalue weighted by Gasteiger charge is 2.19. The van der Waals surface area contributed by atoms with Crippen LogP contribution in [0.15, 0.2) is 24.3 Å². The minimum Gasteiger partial charge on any atom is -0.298 e. The molecule has 1 aromatic rings. The molecule has 0 aromatic heterocycles. The highest BCUT2D eigenvalue weighted by Crippen LogP contribution is 2.23. The summed E-state index contributed by atoms with van der Waals surface area (Å²) < 4.78 is 0. The van der Waals surface area contributed by atoms with Crippen molar-refractivity contribution in [3.8, 4) is 6.07 Å². The van der Waals surface area contributed by atoms with Gasteiger partial charge in [-0.2, -0.15) is 5.26 Å². The Morgan fingerprint density at radius 3 is 2.53 bits per heavy atom. The van der Waals surface area contributed by atoms with Gasteiger partial charge in [0.15, 0.2) is 0 Å². The van der Waals surface area contributed by atoms with E-state index in [1.807, 2.05) is 0 Å². The lowest BCUT2D eigenvalue weighted by molar-refractivity contribution is 0.192. The number of nitrogens with zero attached hydrogens (tertiary/aromatic N) is 2. The molecule has 1 fully saturated rings. The molecule has 2 rings (SSSR count). The highest BCUT2D eigenvalue weighted by atomic mass is 15.1. The van der Waals surface area contributed by atoms with Crippen molar-refractivity contribution in [1.29, 1.82) is 5.26 Å². The lowest BCUT2D eigenvalue weighted by Crippen LogP contribution is -2.34. The molecule has 1 saturated heterocycles.